The van der Waals surface area contributed by atoms with Crippen molar-refractivity contribution in [3.63, 3.8) is 0 Å². The van der Waals surface area contributed by atoms with E-state index in [1.165, 1.54) is 39.5 Å². The minimum absolute atomic E-state index is 0.630. The second-order valence-corrected chi connectivity index (χ2v) is 6.12. The molecular formula is C15H19BrN2. The van der Waals surface area contributed by atoms with E-state index in [1.54, 1.807) is 0 Å². The molecule has 1 fully saturated rings. The summed E-state index contributed by atoms with van der Waals surface area (Å²) in [7, 11) is 2.19. The van der Waals surface area contributed by atoms with Gasteiger partial charge in [0.25, 0.3) is 0 Å². The maximum absolute atomic E-state index is 3.81. The first-order valence-corrected chi connectivity index (χ1v) is 7.43. The van der Waals surface area contributed by atoms with Gasteiger partial charge in [-0.25, -0.2) is 0 Å². The number of hydrogen-bond donors (Lipinski definition) is 1. The maximum Gasteiger partial charge on any atom is 0.0494 e. The molecule has 96 valence electrons. The summed E-state index contributed by atoms with van der Waals surface area (Å²) in [5.41, 5.74) is 4.11. The monoisotopic (exact) mass is 306 g/mol. The van der Waals surface area contributed by atoms with Crippen LogP contribution in [0.1, 0.15) is 30.0 Å². The van der Waals surface area contributed by atoms with Crippen molar-refractivity contribution >= 4 is 26.8 Å². The summed E-state index contributed by atoms with van der Waals surface area (Å²) in [5.74, 6) is 0.630. The molecule has 1 atom stereocenters. The van der Waals surface area contributed by atoms with E-state index in [-0.39, 0.29) is 0 Å². The normalized spacial score (nSPS) is 20.5. The van der Waals surface area contributed by atoms with Gasteiger partial charge in [0.05, 0.1) is 0 Å². The first kappa shape index (κ1) is 12.2. The van der Waals surface area contributed by atoms with Gasteiger partial charge in [0.1, 0.15) is 0 Å². The Labute approximate surface area is 116 Å². The number of hydrogen-bond acceptors (Lipinski definition) is 1. The van der Waals surface area contributed by atoms with Crippen LogP contribution in [0.5, 0.6) is 0 Å². The molecule has 1 N–H and O–H groups in total. The summed E-state index contributed by atoms with van der Waals surface area (Å²) in [5, 5.41) is 4.85. The van der Waals surface area contributed by atoms with Gasteiger partial charge in [-0.2, -0.15) is 0 Å². The molecular weight excluding hydrogens is 288 g/mol. The average Bonchev–Trinajstić information content (AvgIpc) is 2.63. The average molecular weight is 307 g/mol. The maximum atomic E-state index is 3.81. The van der Waals surface area contributed by atoms with E-state index >= 15 is 0 Å². The molecule has 1 aliphatic rings. The Hall–Kier alpha value is -0.800. The molecule has 0 aliphatic carbocycles. The lowest BCUT2D eigenvalue weighted by molar-refractivity contribution is 0.447. The zero-order valence-corrected chi connectivity index (χ0v) is 12.5. The van der Waals surface area contributed by atoms with Gasteiger partial charge in [0, 0.05) is 40.6 Å². The summed E-state index contributed by atoms with van der Waals surface area (Å²) in [6.45, 7) is 4.42. The minimum atomic E-state index is 0.630. The summed E-state index contributed by atoms with van der Waals surface area (Å²) in [4.78, 5) is 0. The Kier molecular flexibility index (Phi) is 3.20. The number of benzene rings is 1. The predicted octanol–water partition coefficient (Wildman–Crippen LogP) is 3.72. The van der Waals surface area contributed by atoms with Gasteiger partial charge in [0.15, 0.2) is 0 Å². The Morgan fingerprint density at radius 1 is 1.39 bits per heavy atom. The van der Waals surface area contributed by atoms with Crippen molar-refractivity contribution in [2.45, 2.75) is 25.7 Å². The van der Waals surface area contributed by atoms with Crippen molar-refractivity contribution in [2.24, 2.45) is 7.05 Å². The van der Waals surface area contributed by atoms with Crippen molar-refractivity contribution in [2.75, 3.05) is 13.1 Å². The molecule has 3 rings (SSSR count). The molecule has 18 heavy (non-hydrogen) atoms. The number of nitrogens with one attached hydrogen (secondary N) is 1. The lowest BCUT2D eigenvalue weighted by Crippen LogP contribution is -2.29. The fraction of sp³-hybridized carbons (Fsp3) is 0.467. The fourth-order valence-corrected chi connectivity index (χ4v) is 3.98. The van der Waals surface area contributed by atoms with E-state index < -0.39 is 0 Å². The van der Waals surface area contributed by atoms with E-state index in [2.05, 4.69) is 58.0 Å². The number of halogens is 1. The zero-order valence-electron chi connectivity index (χ0n) is 11.0. The van der Waals surface area contributed by atoms with Crippen LogP contribution in [0.15, 0.2) is 22.7 Å². The molecule has 0 saturated carbocycles. The van der Waals surface area contributed by atoms with Gasteiger partial charge >= 0.3 is 0 Å². The highest BCUT2D eigenvalue weighted by Crippen LogP contribution is 2.37. The molecule has 0 spiro atoms. The van der Waals surface area contributed by atoms with Gasteiger partial charge in [-0.15, -0.1) is 0 Å². The highest BCUT2D eigenvalue weighted by molar-refractivity contribution is 9.10. The molecule has 1 aliphatic heterocycles. The molecule has 1 aromatic carbocycles. The highest BCUT2D eigenvalue weighted by Gasteiger charge is 2.23. The number of nitrogens with zero attached hydrogens (tertiary/aromatic N) is 1. The number of piperidine rings is 1. The topological polar surface area (TPSA) is 17.0 Å². The molecule has 2 heterocycles. The Balaban J connectivity index is 2.16. The quantitative estimate of drug-likeness (QED) is 0.850. The minimum Gasteiger partial charge on any atom is -0.346 e. The van der Waals surface area contributed by atoms with Crippen LogP contribution in [0.2, 0.25) is 0 Å². The van der Waals surface area contributed by atoms with Crippen LogP contribution in [0.3, 0.4) is 0 Å². The van der Waals surface area contributed by atoms with Gasteiger partial charge < -0.3 is 9.88 Å². The van der Waals surface area contributed by atoms with Crippen LogP contribution in [0.25, 0.3) is 10.9 Å². The summed E-state index contributed by atoms with van der Waals surface area (Å²) >= 11 is 3.81. The van der Waals surface area contributed by atoms with Crippen molar-refractivity contribution in [3.8, 4) is 0 Å². The molecule has 0 bridgehead atoms. The molecule has 1 saturated heterocycles. The second kappa shape index (κ2) is 4.71. The van der Waals surface area contributed by atoms with E-state index in [4.69, 9.17) is 0 Å². The third kappa shape index (κ3) is 1.90. The third-order valence-corrected chi connectivity index (χ3v) is 4.85. The Morgan fingerprint density at radius 2 is 2.22 bits per heavy atom. The molecule has 0 radical (unpaired) electrons. The molecule has 2 aromatic rings. The van der Waals surface area contributed by atoms with Crippen LogP contribution >= 0.6 is 15.9 Å². The number of aryl methyl sites for hydroxylation is 2. The lowest BCUT2D eigenvalue weighted by Gasteiger charge is -2.24. The van der Waals surface area contributed by atoms with Crippen LogP contribution in [0.4, 0.5) is 0 Å². The van der Waals surface area contributed by atoms with Crippen molar-refractivity contribution in [1.82, 2.24) is 9.88 Å². The van der Waals surface area contributed by atoms with E-state index in [9.17, 15) is 0 Å². The second-order valence-electron chi connectivity index (χ2n) is 5.32. The number of fused-ring (bicyclic) bond motifs is 1. The van der Waals surface area contributed by atoms with Crippen LogP contribution in [0, 0.1) is 6.92 Å². The molecule has 1 aromatic heterocycles. The first-order valence-electron chi connectivity index (χ1n) is 6.63. The van der Waals surface area contributed by atoms with Crippen LogP contribution < -0.4 is 5.32 Å². The molecule has 1 unspecified atom stereocenters. The summed E-state index contributed by atoms with van der Waals surface area (Å²) < 4.78 is 3.65. The first-order chi connectivity index (χ1) is 8.68. The summed E-state index contributed by atoms with van der Waals surface area (Å²) in [6, 6.07) is 6.70. The smallest absolute Gasteiger partial charge is 0.0494 e. The largest absolute Gasteiger partial charge is 0.346 e. The van der Waals surface area contributed by atoms with Crippen LogP contribution in [-0.2, 0) is 7.05 Å². The molecule has 0 amide bonds. The standard InChI is InChI=1S/C15H19BrN2/c1-10-5-6-12-13(8-10)18(2)15(14(12)16)11-4-3-7-17-9-11/h5-6,8,11,17H,3-4,7,9H2,1-2H3. The van der Waals surface area contributed by atoms with E-state index in [0.29, 0.717) is 5.92 Å². The third-order valence-electron chi connectivity index (χ3n) is 4.02. The van der Waals surface area contributed by atoms with Crippen molar-refractivity contribution in [3.05, 3.63) is 33.9 Å². The van der Waals surface area contributed by atoms with Gasteiger partial charge in [-0.3, -0.25) is 0 Å². The van der Waals surface area contributed by atoms with Crippen molar-refractivity contribution in [1.29, 1.82) is 0 Å². The highest BCUT2D eigenvalue weighted by atomic mass is 79.9. The van der Waals surface area contributed by atoms with Gasteiger partial charge in [-0.05, 0) is 53.9 Å². The molecule has 2 nitrogen and oxygen atoms in total. The Bertz CT molecular complexity index is 580. The number of aromatic nitrogens is 1. The van der Waals surface area contributed by atoms with Gasteiger partial charge in [0.2, 0.25) is 0 Å². The fourth-order valence-electron chi connectivity index (χ4n) is 3.06. The molecule has 3 heteroatoms. The Morgan fingerprint density at radius 3 is 2.94 bits per heavy atom. The van der Waals surface area contributed by atoms with Crippen LogP contribution in [-0.4, -0.2) is 17.7 Å². The predicted molar refractivity (Wildman–Crippen MR) is 80.2 cm³/mol. The number of rotatable bonds is 1. The van der Waals surface area contributed by atoms with E-state index in [1.807, 2.05) is 0 Å². The lowest BCUT2D eigenvalue weighted by atomic mass is 9.96. The summed E-state index contributed by atoms with van der Waals surface area (Å²) in [6.07, 6.45) is 2.56. The van der Waals surface area contributed by atoms with E-state index in [0.717, 1.165) is 13.1 Å². The zero-order chi connectivity index (χ0) is 12.7. The van der Waals surface area contributed by atoms with Crippen molar-refractivity contribution < 1.29 is 0 Å². The SMILES string of the molecule is Cc1ccc2c(Br)c(C3CCCNC3)n(C)c2c1. The van der Waals surface area contributed by atoms with Gasteiger partial charge in [-0.1, -0.05) is 12.1 Å².